The number of hydrogen-bond acceptors (Lipinski definition) is 3. The molecule has 2 nitrogen and oxygen atoms in total. The standard InChI is InChI=1S/C13H14O2S/c1-9-10-5-3-4-6-12(10)16-11(9)7-8-13(14)15-2/h3-6H,7-8H2,1-2H3. The molecule has 0 saturated carbocycles. The number of carbonyl (C=O) groups is 1. The minimum atomic E-state index is -0.142. The van der Waals surface area contributed by atoms with Crippen LogP contribution in [0.3, 0.4) is 0 Å². The fourth-order valence-corrected chi connectivity index (χ4v) is 2.99. The van der Waals surface area contributed by atoms with Crippen molar-refractivity contribution in [3.8, 4) is 0 Å². The van der Waals surface area contributed by atoms with Gasteiger partial charge in [-0.25, -0.2) is 0 Å². The molecule has 0 aliphatic rings. The number of hydrogen-bond donors (Lipinski definition) is 0. The zero-order valence-corrected chi connectivity index (χ0v) is 10.3. The van der Waals surface area contributed by atoms with Crippen LogP contribution < -0.4 is 0 Å². The van der Waals surface area contributed by atoms with E-state index in [0.717, 1.165) is 6.42 Å². The summed E-state index contributed by atoms with van der Waals surface area (Å²) >= 11 is 1.77. The first-order valence-electron chi connectivity index (χ1n) is 5.26. The van der Waals surface area contributed by atoms with Crippen LogP contribution in [0.5, 0.6) is 0 Å². The lowest BCUT2D eigenvalue weighted by atomic mass is 10.1. The van der Waals surface area contributed by atoms with Crippen molar-refractivity contribution in [2.45, 2.75) is 19.8 Å². The number of fused-ring (bicyclic) bond motifs is 1. The summed E-state index contributed by atoms with van der Waals surface area (Å²) in [5.74, 6) is -0.142. The van der Waals surface area contributed by atoms with Crippen LogP contribution in [0, 0.1) is 6.92 Å². The summed E-state index contributed by atoms with van der Waals surface area (Å²) in [4.78, 5) is 12.4. The van der Waals surface area contributed by atoms with Crippen molar-refractivity contribution in [3.05, 3.63) is 34.7 Å². The molecule has 16 heavy (non-hydrogen) atoms. The summed E-state index contributed by atoms with van der Waals surface area (Å²) in [6.07, 6.45) is 1.24. The molecule has 3 heteroatoms. The summed E-state index contributed by atoms with van der Waals surface area (Å²) in [6.45, 7) is 2.12. The second kappa shape index (κ2) is 4.66. The maximum Gasteiger partial charge on any atom is 0.305 e. The van der Waals surface area contributed by atoms with E-state index in [1.807, 2.05) is 12.1 Å². The van der Waals surface area contributed by atoms with Crippen molar-refractivity contribution < 1.29 is 9.53 Å². The SMILES string of the molecule is COC(=O)CCc1sc2ccccc2c1C. The van der Waals surface area contributed by atoms with E-state index in [2.05, 4.69) is 23.8 Å². The molecule has 2 aromatic rings. The molecule has 0 atom stereocenters. The number of esters is 1. The van der Waals surface area contributed by atoms with E-state index >= 15 is 0 Å². The van der Waals surface area contributed by atoms with E-state index in [4.69, 9.17) is 0 Å². The number of thiophene rings is 1. The molecule has 1 heterocycles. The van der Waals surface area contributed by atoms with Crippen LogP contribution >= 0.6 is 11.3 Å². The zero-order chi connectivity index (χ0) is 11.5. The van der Waals surface area contributed by atoms with E-state index in [1.54, 1.807) is 11.3 Å². The number of benzene rings is 1. The minimum absolute atomic E-state index is 0.142. The number of ether oxygens (including phenoxy) is 1. The highest BCUT2D eigenvalue weighted by Crippen LogP contribution is 2.31. The highest BCUT2D eigenvalue weighted by molar-refractivity contribution is 7.19. The second-order valence-corrected chi connectivity index (χ2v) is 4.86. The fourth-order valence-electron chi connectivity index (χ4n) is 1.78. The number of aryl methyl sites for hydroxylation is 2. The van der Waals surface area contributed by atoms with E-state index < -0.39 is 0 Å². The van der Waals surface area contributed by atoms with Crippen molar-refractivity contribution in [3.63, 3.8) is 0 Å². The first kappa shape index (κ1) is 11.1. The Morgan fingerprint density at radius 1 is 1.38 bits per heavy atom. The number of methoxy groups -OCH3 is 1. The molecule has 1 aromatic carbocycles. The number of carbonyl (C=O) groups excluding carboxylic acids is 1. The van der Waals surface area contributed by atoms with Crippen LogP contribution in [-0.2, 0) is 16.0 Å². The molecule has 0 aliphatic heterocycles. The number of rotatable bonds is 3. The van der Waals surface area contributed by atoms with E-state index in [9.17, 15) is 4.79 Å². The van der Waals surface area contributed by atoms with Gasteiger partial charge in [0, 0.05) is 9.58 Å². The third kappa shape index (κ3) is 2.09. The predicted molar refractivity (Wildman–Crippen MR) is 66.9 cm³/mol. The van der Waals surface area contributed by atoms with E-state index in [-0.39, 0.29) is 5.97 Å². The first-order valence-corrected chi connectivity index (χ1v) is 6.08. The molecule has 0 fully saturated rings. The molecule has 0 amide bonds. The van der Waals surface area contributed by atoms with Gasteiger partial charge in [0.15, 0.2) is 0 Å². The summed E-state index contributed by atoms with van der Waals surface area (Å²) < 4.78 is 5.94. The minimum Gasteiger partial charge on any atom is -0.469 e. The lowest BCUT2D eigenvalue weighted by molar-refractivity contribution is -0.140. The van der Waals surface area contributed by atoms with Gasteiger partial charge in [0.1, 0.15) is 0 Å². The summed E-state index contributed by atoms with van der Waals surface area (Å²) in [6, 6.07) is 8.34. The Hall–Kier alpha value is -1.35. The average molecular weight is 234 g/mol. The third-order valence-electron chi connectivity index (χ3n) is 2.73. The lowest BCUT2D eigenvalue weighted by Gasteiger charge is -1.98. The normalized spacial score (nSPS) is 10.6. The zero-order valence-electron chi connectivity index (χ0n) is 9.45. The van der Waals surface area contributed by atoms with Crippen molar-refractivity contribution in [1.82, 2.24) is 0 Å². The fraction of sp³-hybridized carbons (Fsp3) is 0.308. The van der Waals surface area contributed by atoms with Gasteiger partial charge in [0.05, 0.1) is 13.5 Å². The van der Waals surface area contributed by atoms with Gasteiger partial charge in [-0.3, -0.25) is 4.79 Å². The van der Waals surface area contributed by atoms with Crippen molar-refractivity contribution in [2.75, 3.05) is 7.11 Å². The molecule has 0 bridgehead atoms. The maximum absolute atomic E-state index is 11.1. The Morgan fingerprint density at radius 2 is 2.12 bits per heavy atom. The van der Waals surface area contributed by atoms with E-state index in [1.165, 1.54) is 27.6 Å². The highest BCUT2D eigenvalue weighted by atomic mass is 32.1. The Balaban J connectivity index is 2.24. The molecule has 1 aromatic heterocycles. The summed E-state index contributed by atoms with van der Waals surface area (Å²) in [5, 5.41) is 1.30. The Kier molecular flexibility index (Phi) is 3.25. The molecule has 0 spiro atoms. The molecule has 0 unspecified atom stereocenters. The molecule has 2 rings (SSSR count). The van der Waals surface area contributed by atoms with Crippen LogP contribution in [0.2, 0.25) is 0 Å². The average Bonchev–Trinajstić information content (AvgIpc) is 2.64. The molecule has 0 radical (unpaired) electrons. The first-order chi connectivity index (χ1) is 7.72. The van der Waals surface area contributed by atoms with Crippen LogP contribution in [0.1, 0.15) is 16.9 Å². The Morgan fingerprint density at radius 3 is 2.81 bits per heavy atom. The topological polar surface area (TPSA) is 26.3 Å². The summed E-state index contributed by atoms with van der Waals surface area (Å²) in [5.41, 5.74) is 1.30. The molecule has 0 N–H and O–H groups in total. The van der Waals surface area contributed by atoms with Gasteiger partial charge in [-0.05, 0) is 30.4 Å². The molecule has 84 valence electrons. The summed E-state index contributed by atoms with van der Waals surface area (Å²) in [7, 11) is 1.43. The van der Waals surface area contributed by atoms with Gasteiger partial charge in [-0.1, -0.05) is 18.2 Å². The van der Waals surface area contributed by atoms with Gasteiger partial charge in [0.25, 0.3) is 0 Å². The van der Waals surface area contributed by atoms with Crippen molar-refractivity contribution in [1.29, 1.82) is 0 Å². The quantitative estimate of drug-likeness (QED) is 0.761. The van der Waals surface area contributed by atoms with Gasteiger partial charge in [-0.15, -0.1) is 11.3 Å². The van der Waals surface area contributed by atoms with Crippen LogP contribution in [0.4, 0.5) is 0 Å². The Labute approximate surface area is 98.9 Å². The van der Waals surface area contributed by atoms with Crippen molar-refractivity contribution >= 4 is 27.4 Å². The largest absolute Gasteiger partial charge is 0.469 e. The second-order valence-electron chi connectivity index (χ2n) is 3.72. The van der Waals surface area contributed by atoms with Crippen LogP contribution in [-0.4, -0.2) is 13.1 Å². The lowest BCUT2D eigenvalue weighted by Crippen LogP contribution is -2.01. The van der Waals surface area contributed by atoms with Crippen molar-refractivity contribution in [2.24, 2.45) is 0 Å². The van der Waals surface area contributed by atoms with Crippen LogP contribution in [0.15, 0.2) is 24.3 Å². The molecule has 0 aliphatic carbocycles. The Bertz CT molecular complexity index is 514. The van der Waals surface area contributed by atoms with Gasteiger partial charge >= 0.3 is 5.97 Å². The third-order valence-corrected chi connectivity index (χ3v) is 4.06. The van der Waals surface area contributed by atoms with Gasteiger partial charge in [0.2, 0.25) is 0 Å². The molecular weight excluding hydrogens is 220 g/mol. The van der Waals surface area contributed by atoms with E-state index in [0.29, 0.717) is 6.42 Å². The smallest absolute Gasteiger partial charge is 0.305 e. The van der Waals surface area contributed by atoms with Gasteiger partial charge < -0.3 is 4.74 Å². The predicted octanol–water partition coefficient (Wildman–Crippen LogP) is 3.32. The maximum atomic E-state index is 11.1. The molecular formula is C13H14O2S. The molecule has 0 saturated heterocycles. The monoisotopic (exact) mass is 234 g/mol. The van der Waals surface area contributed by atoms with Gasteiger partial charge in [-0.2, -0.15) is 0 Å². The highest BCUT2D eigenvalue weighted by Gasteiger charge is 2.09. The van der Waals surface area contributed by atoms with Crippen LogP contribution in [0.25, 0.3) is 10.1 Å².